The highest BCUT2D eigenvalue weighted by molar-refractivity contribution is 4.71. The van der Waals surface area contributed by atoms with Gasteiger partial charge in [-0.1, -0.05) is 0 Å². The molecule has 0 amide bonds. The fraction of sp³-hybridized carbons (Fsp3) is 1.00. The van der Waals surface area contributed by atoms with Gasteiger partial charge in [0, 0.05) is 0 Å². The molecule has 0 aromatic heterocycles. The van der Waals surface area contributed by atoms with Crippen LogP contribution in [0, 0.1) is 0 Å². The minimum absolute atomic E-state index is 0.0428. The third kappa shape index (κ3) is 1.64. The lowest BCUT2D eigenvalue weighted by molar-refractivity contribution is -0.205. The Labute approximate surface area is 55.1 Å². The quantitative estimate of drug-likeness (QED) is 0.507. The van der Waals surface area contributed by atoms with E-state index in [1.54, 1.807) is 0 Å². The maximum atomic E-state index is 5.59. The second-order valence-corrected chi connectivity index (χ2v) is 2.41. The molecule has 9 heavy (non-hydrogen) atoms. The van der Waals surface area contributed by atoms with Crippen molar-refractivity contribution in [2.24, 2.45) is 5.73 Å². The third-order valence-corrected chi connectivity index (χ3v) is 1.53. The summed E-state index contributed by atoms with van der Waals surface area (Å²) < 4.78 is 10.4. The van der Waals surface area contributed by atoms with Gasteiger partial charge in [-0.25, -0.2) is 0 Å². The highest BCUT2D eigenvalue weighted by Crippen LogP contribution is 2.09. The standard InChI is InChI=1S/C6H13NO2/c1-4-6(7)3-8-5(2)9-4/h4-6H,3,7H2,1-2H3. The Morgan fingerprint density at radius 2 is 2.11 bits per heavy atom. The predicted molar refractivity (Wildman–Crippen MR) is 33.9 cm³/mol. The molecule has 2 N–H and O–H groups in total. The van der Waals surface area contributed by atoms with E-state index in [0.717, 1.165) is 0 Å². The predicted octanol–water partition coefficient (Wildman–Crippen LogP) is 0.0950. The summed E-state index contributed by atoms with van der Waals surface area (Å²) in [6.45, 7) is 4.45. The molecule has 3 heteroatoms. The summed E-state index contributed by atoms with van der Waals surface area (Å²) in [5.41, 5.74) is 5.59. The topological polar surface area (TPSA) is 44.5 Å². The SMILES string of the molecule is CC1OCC(N)C(C)O1. The Bertz CT molecular complexity index is 97.1. The van der Waals surface area contributed by atoms with Gasteiger partial charge in [-0.3, -0.25) is 0 Å². The van der Waals surface area contributed by atoms with Crippen molar-refractivity contribution < 1.29 is 9.47 Å². The van der Waals surface area contributed by atoms with Crippen molar-refractivity contribution >= 4 is 0 Å². The highest BCUT2D eigenvalue weighted by atomic mass is 16.7. The average Bonchev–Trinajstić information content (AvgIpc) is 1.80. The average molecular weight is 131 g/mol. The van der Waals surface area contributed by atoms with Crippen molar-refractivity contribution in [3.8, 4) is 0 Å². The van der Waals surface area contributed by atoms with Gasteiger partial charge in [0.15, 0.2) is 6.29 Å². The van der Waals surface area contributed by atoms with Gasteiger partial charge in [-0.2, -0.15) is 0 Å². The van der Waals surface area contributed by atoms with Crippen molar-refractivity contribution in [1.29, 1.82) is 0 Å². The minimum atomic E-state index is -0.0835. The summed E-state index contributed by atoms with van der Waals surface area (Å²) in [6.07, 6.45) is 0.0496. The number of hydrogen-bond donors (Lipinski definition) is 1. The van der Waals surface area contributed by atoms with E-state index in [-0.39, 0.29) is 18.4 Å². The summed E-state index contributed by atoms with van der Waals surface area (Å²) in [4.78, 5) is 0. The zero-order valence-electron chi connectivity index (χ0n) is 5.83. The molecule has 1 aliphatic rings. The molecule has 1 fully saturated rings. The normalized spacial score (nSPS) is 45.0. The molecule has 1 saturated heterocycles. The van der Waals surface area contributed by atoms with E-state index < -0.39 is 0 Å². The van der Waals surface area contributed by atoms with Gasteiger partial charge in [0.25, 0.3) is 0 Å². The van der Waals surface area contributed by atoms with Crippen LogP contribution in [0.3, 0.4) is 0 Å². The first-order valence-corrected chi connectivity index (χ1v) is 3.23. The molecule has 0 bridgehead atoms. The van der Waals surface area contributed by atoms with Crippen LogP contribution in [0.25, 0.3) is 0 Å². The van der Waals surface area contributed by atoms with Crippen molar-refractivity contribution in [1.82, 2.24) is 0 Å². The Morgan fingerprint density at radius 1 is 1.44 bits per heavy atom. The fourth-order valence-electron chi connectivity index (χ4n) is 0.825. The van der Waals surface area contributed by atoms with Crippen molar-refractivity contribution in [3.05, 3.63) is 0 Å². The van der Waals surface area contributed by atoms with E-state index in [1.807, 2.05) is 13.8 Å². The van der Waals surface area contributed by atoms with Gasteiger partial charge < -0.3 is 15.2 Å². The van der Waals surface area contributed by atoms with Crippen molar-refractivity contribution in [2.75, 3.05) is 6.61 Å². The van der Waals surface area contributed by atoms with Gasteiger partial charge in [0.05, 0.1) is 18.8 Å². The van der Waals surface area contributed by atoms with Crippen LogP contribution < -0.4 is 5.73 Å². The molecule has 0 aromatic carbocycles. The molecule has 0 radical (unpaired) electrons. The highest BCUT2D eigenvalue weighted by Gasteiger charge is 2.22. The molecule has 0 spiro atoms. The van der Waals surface area contributed by atoms with Crippen LogP contribution >= 0.6 is 0 Å². The van der Waals surface area contributed by atoms with Gasteiger partial charge in [0.2, 0.25) is 0 Å². The first-order chi connectivity index (χ1) is 4.20. The largest absolute Gasteiger partial charge is 0.351 e. The molecular weight excluding hydrogens is 118 g/mol. The van der Waals surface area contributed by atoms with E-state index in [0.29, 0.717) is 6.61 Å². The van der Waals surface area contributed by atoms with Crippen molar-refractivity contribution in [2.45, 2.75) is 32.3 Å². The Hall–Kier alpha value is -0.120. The second-order valence-electron chi connectivity index (χ2n) is 2.41. The first-order valence-electron chi connectivity index (χ1n) is 3.23. The summed E-state index contributed by atoms with van der Waals surface area (Å²) in [5, 5.41) is 0. The van der Waals surface area contributed by atoms with Crippen LogP contribution in [-0.2, 0) is 9.47 Å². The molecular formula is C6H13NO2. The molecule has 1 rings (SSSR count). The fourth-order valence-corrected chi connectivity index (χ4v) is 0.825. The smallest absolute Gasteiger partial charge is 0.155 e. The zero-order valence-corrected chi connectivity index (χ0v) is 5.83. The Morgan fingerprint density at radius 3 is 2.56 bits per heavy atom. The number of ether oxygens (including phenoxy) is 2. The van der Waals surface area contributed by atoms with Crippen LogP contribution in [0.5, 0.6) is 0 Å². The van der Waals surface area contributed by atoms with Crippen LogP contribution in [0.15, 0.2) is 0 Å². The van der Waals surface area contributed by atoms with Gasteiger partial charge in [-0.15, -0.1) is 0 Å². The van der Waals surface area contributed by atoms with Gasteiger partial charge in [0.1, 0.15) is 0 Å². The van der Waals surface area contributed by atoms with E-state index in [9.17, 15) is 0 Å². The van der Waals surface area contributed by atoms with E-state index >= 15 is 0 Å². The maximum absolute atomic E-state index is 5.59. The minimum Gasteiger partial charge on any atom is -0.351 e. The molecule has 1 heterocycles. The number of nitrogens with two attached hydrogens (primary N) is 1. The first kappa shape index (κ1) is 6.99. The van der Waals surface area contributed by atoms with E-state index in [4.69, 9.17) is 15.2 Å². The van der Waals surface area contributed by atoms with Crippen molar-refractivity contribution in [3.63, 3.8) is 0 Å². The third-order valence-electron chi connectivity index (χ3n) is 1.53. The summed E-state index contributed by atoms with van der Waals surface area (Å²) in [6, 6.07) is 0.0428. The monoisotopic (exact) mass is 131 g/mol. The van der Waals surface area contributed by atoms with Crippen LogP contribution in [-0.4, -0.2) is 25.0 Å². The number of hydrogen-bond acceptors (Lipinski definition) is 3. The summed E-state index contributed by atoms with van der Waals surface area (Å²) in [7, 11) is 0. The lowest BCUT2D eigenvalue weighted by Crippen LogP contribution is -2.46. The van der Waals surface area contributed by atoms with E-state index in [1.165, 1.54) is 0 Å². The number of rotatable bonds is 0. The van der Waals surface area contributed by atoms with Crippen LogP contribution in [0.2, 0.25) is 0 Å². The molecule has 0 aromatic rings. The second kappa shape index (κ2) is 2.64. The van der Waals surface area contributed by atoms with Crippen LogP contribution in [0.1, 0.15) is 13.8 Å². The molecule has 3 unspecified atom stereocenters. The Kier molecular flexibility index (Phi) is 2.05. The molecule has 3 atom stereocenters. The molecule has 0 aliphatic carbocycles. The molecule has 3 nitrogen and oxygen atoms in total. The molecule has 1 aliphatic heterocycles. The Balaban J connectivity index is 2.35. The zero-order chi connectivity index (χ0) is 6.85. The molecule has 0 saturated carbocycles. The van der Waals surface area contributed by atoms with E-state index in [2.05, 4.69) is 0 Å². The lowest BCUT2D eigenvalue weighted by atomic mass is 10.2. The van der Waals surface area contributed by atoms with Crippen LogP contribution in [0.4, 0.5) is 0 Å². The summed E-state index contributed by atoms with van der Waals surface area (Å²) in [5.74, 6) is 0. The van der Waals surface area contributed by atoms with Gasteiger partial charge in [-0.05, 0) is 13.8 Å². The summed E-state index contributed by atoms with van der Waals surface area (Å²) >= 11 is 0. The maximum Gasteiger partial charge on any atom is 0.155 e. The molecule has 54 valence electrons. The van der Waals surface area contributed by atoms with Gasteiger partial charge >= 0.3 is 0 Å². The lowest BCUT2D eigenvalue weighted by Gasteiger charge is -2.30.